The Morgan fingerprint density at radius 1 is 1.41 bits per heavy atom. The van der Waals surface area contributed by atoms with Crippen molar-refractivity contribution in [3.05, 3.63) is 47.5 Å². The van der Waals surface area contributed by atoms with Crippen molar-refractivity contribution in [2.24, 2.45) is 0 Å². The fourth-order valence-electron chi connectivity index (χ4n) is 2.47. The molecule has 1 aliphatic heterocycles. The molecule has 2 N–H and O–H groups in total. The number of carbonyl (C=O) groups excluding carboxylic acids is 1. The first-order chi connectivity index (χ1) is 10.7. The number of carbonyl (C=O) groups is 1. The van der Waals surface area contributed by atoms with E-state index in [1.54, 1.807) is 12.4 Å². The normalized spacial score (nSPS) is 14.9. The molecule has 2 heterocycles. The molecule has 22 heavy (non-hydrogen) atoms. The number of aromatic amines is 1. The van der Waals surface area contributed by atoms with Crippen molar-refractivity contribution >= 4 is 23.4 Å². The Bertz CT molecular complexity index is 636. The van der Waals surface area contributed by atoms with Crippen LogP contribution in [-0.2, 0) is 6.54 Å². The minimum absolute atomic E-state index is 0.126. The summed E-state index contributed by atoms with van der Waals surface area (Å²) in [6.45, 7) is 4.33. The summed E-state index contributed by atoms with van der Waals surface area (Å²) in [6, 6.07) is 5.86. The summed E-state index contributed by atoms with van der Waals surface area (Å²) in [5, 5.41) is 3.34. The van der Waals surface area contributed by atoms with Crippen LogP contribution < -0.4 is 5.32 Å². The molecule has 0 aliphatic carbocycles. The third-order valence-corrected chi connectivity index (χ3v) is 4.73. The van der Waals surface area contributed by atoms with E-state index < -0.39 is 0 Å². The van der Waals surface area contributed by atoms with Gasteiger partial charge in [-0.1, -0.05) is 6.07 Å². The summed E-state index contributed by atoms with van der Waals surface area (Å²) in [5.41, 5.74) is 2.85. The number of hydrogen-bond donors (Lipinski definition) is 2. The molecule has 0 unspecified atom stereocenters. The number of anilines is 1. The quantitative estimate of drug-likeness (QED) is 0.910. The molecule has 0 spiro atoms. The van der Waals surface area contributed by atoms with Gasteiger partial charge in [0.25, 0.3) is 5.91 Å². The van der Waals surface area contributed by atoms with Crippen LogP contribution in [0.3, 0.4) is 0 Å². The molecule has 2 aromatic rings. The second-order valence-corrected chi connectivity index (χ2v) is 6.55. The van der Waals surface area contributed by atoms with Crippen LogP contribution in [0.15, 0.2) is 30.6 Å². The van der Waals surface area contributed by atoms with Crippen LogP contribution in [0.1, 0.15) is 21.7 Å². The minimum atomic E-state index is 0.126. The lowest BCUT2D eigenvalue weighted by Crippen LogP contribution is -2.37. The number of thioether (sulfide) groups is 1. The highest BCUT2D eigenvalue weighted by atomic mass is 32.2. The summed E-state index contributed by atoms with van der Waals surface area (Å²) >= 11 is 1.91. The van der Waals surface area contributed by atoms with Gasteiger partial charge in [0.05, 0.1) is 6.54 Å². The Balaban J connectivity index is 1.72. The van der Waals surface area contributed by atoms with Crippen molar-refractivity contribution in [2.75, 3.05) is 29.9 Å². The fourth-order valence-corrected chi connectivity index (χ4v) is 3.37. The molecular weight excluding hydrogens is 296 g/mol. The highest BCUT2D eigenvalue weighted by Gasteiger charge is 2.18. The fraction of sp³-hybridized carbons (Fsp3) is 0.375. The van der Waals surface area contributed by atoms with Crippen molar-refractivity contribution in [2.45, 2.75) is 13.5 Å². The number of nitrogens with one attached hydrogen (secondary N) is 2. The van der Waals surface area contributed by atoms with E-state index in [0.29, 0.717) is 6.54 Å². The lowest BCUT2D eigenvalue weighted by Gasteiger charge is -2.26. The standard InChI is InChI=1S/C16H20N4OS/c1-12-2-3-13(16(21)20-6-8-22-9-7-20)10-14(12)19-11-15-17-4-5-18-15/h2-5,10,19H,6-9,11H2,1H3,(H,17,18). The third kappa shape index (κ3) is 3.44. The Kier molecular flexibility index (Phi) is 4.68. The molecule has 1 aromatic heterocycles. The Morgan fingerprint density at radius 2 is 2.23 bits per heavy atom. The minimum Gasteiger partial charge on any atom is -0.378 e. The number of amides is 1. The van der Waals surface area contributed by atoms with Gasteiger partial charge in [-0.2, -0.15) is 11.8 Å². The first kappa shape index (κ1) is 15.0. The molecule has 3 rings (SSSR count). The van der Waals surface area contributed by atoms with Gasteiger partial charge in [-0.3, -0.25) is 4.79 Å². The molecule has 1 saturated heterocycles. The van der Waals surface area contributed by atoms with Gasteiger partial charge in [-0.15, -0.1) is 0 Å². The predicted molar refractivity (Wildman–Crippen MR) is 90.3 cm³/mol. The van der Waals surface area contributed by atoms with Gasteiger partial charge in [-0.05, 0) is 24.6 Å². The van der Waals surface area contributed by atoms with Crippen molar-refractivity contribution in [1.29, 1.82) is 0 Å². The van der Waals surface area contributed by atoms with Crippen molar-refractivity contribution in [3.8, 4) is 0 Å². The van der Waals surface area contributed by atoms with Crippen molar-refractivity contribution in [1.82, 2.24) is 14.9 Å². The van der Waals surface area contributed by atoms with E-state index in [0.717, 1.165) is 47.2 Å². The number of aryl methyl sites for hydroxylation is 1. The van der Waals surface area contributed by atoms with Crippen LogP contribution in [0.25, 0.3) is 0 Å². The van der Waals surface area contributed by atoms with Gasteiger partial charge in [0.15, 0.2) is 0 Å². The SMILES string of the molecule is Cc1ccc(C(=O)N2CCSCC2)cc1NCc1ncc[nH]1. The number of benzene rings is 1. The smallest absolute Gasteiger partial charge is 0.253 e. The molecule has 6 heteroatoms. The zero-order valence-corrected chi connectivity index (χ0v) is 13.4. The lowest BCUT2D eigenvalue weighted by molar-refractivity contribution is 0.0772. The molecule has 5 nitrogen and oxygen atoms in total. The van der Waals surface area contributed by atoms with Crippen molar-refractivity contribution in [3.63, 3.8) is 0 Å². The van der Waals surface area contributed by atoms with Crippen molar-refractivity contribution < 1.29 is 4.79 Å². The van der Waals surface area contributed by atoms with E-state index in [-0.39, 0.29) is 5.91 Å². The highest BCUT2D eigenvalue weighted by Crippen LogP contribution is 2.20. The van der Waals surface area contributed by atoms with E-state index in [1.807, 2.05) is 41.8 Å². The predicted octanol–water partition coefficient (Wildman–Crippen LogP) is 2.52. The van der Waals surface area contributed by atoms with E-state index in [4.69, 9.17) is 0 Å². The van der Waals surface area contributed by atoms with Gasteiger partial charge >= 0.3 is 0 Å². The van der Waals surface area contributed by atoms with Crippen LogP contribution in [0.2, 0.25) is 0 Å². The number of rotatable bonds is 4. The molecular formula is C16H20N4OS. The first-order valence-electron chi connectivity index (χ1n) is 7.44. The Hall–Kier alpha value is -1.95. The Labute approximate surface area is 134 Å². The molecule has 1 amide bonds. The topological polar surface area (TPSA) is 61.0 Å². The summed E-state index contributed by atoms with van der Waals surface area (Å²) in [7, 11) is 0. The maximum absolute atomic E-state index is 12.6. The van der Waals surface area contributed by atoms with Gasteiger partial charge in [0.1, 0.15) is 5.82 Å². The van der Waals surface area contributed by atoms with Gasteiger partial charge in [0, 0.05) is 48.2 Å². The molecule has 1 aliphatic rings. The molecule has 116 valence electrons. The number of hydrogen-bond acceptors (Lipinski definition) is 4. The van der Waals surface area contributed by atoms with Gasteiger partial charge < -0.3 is 15.2 Å². The van der Waals surface area contributed by atoms with Gasteiger partial charge in [-0.25, -0.2) is 4.98 Å². The monoisotopic (exact) mass is 316 g/mol. The van der Waals surface area contributed by atoms with Crippen LogP contribution in [0.4, 0.5) is 5.69 Å². The van der Waals surface area contributed by atoms with Crippen LogP contribution in [-0.4, -0.2) is 45.4 Å². The second kappa shape index (κ2) is 6.87. The molecule has 0 saturated carbocycles. The summed E-state index contributed by atoms with van der Waals surface area (Å²) < 4.78 is 0. The van der Waals surface area contributed by atoms with E-state index in [2.05, 4.69) is 15.3 Å². The van der Waals surface area contributed by atoms with E-state index in [1.165, 1.54) is 0 Å². The average molecular weight is 316 g/mol. The second-order valence-electron chi connectivity index (χ2n) is 5.32. The maximum atomic E-state index is 12.6. The zero-order chi connectivity index (χ0) is 15.4. The zero-order valence-electron chi connectivity index (χ0n) is 12.6. The largest absolute Gasteiger partial charge is 0.378 e. The molecule has 0 atom stereocenters. The van der Waals surface area contributed by atoms with Gasteiger partial charge in [0.2, 0.25) is 0 Å². The molecule has 1 fully saturated rings. The van der Waals surface area contributed by atoms with Crippen LogP contribution in [0.5, 0.6) is 0 Å². The summed E-state index contributed by atoms with van der Waals surface area (Å²) in [4.78, 5) is 21.8. The lowest BCUT2D eigenvalue weighted by atomic mass is 10.1. The first-order valence-corrected chi connectivity index (χ1v) is 8.59. The average Bonchev–Trinajstić information content (AvgIpc) is 3.08. The number of imidazole rings is 1. The maximum Gasteiger partial charge on any atom is 0.253 e. The van der Waals surface area contributed by atoms with Crippen LogP contribution in [0, 0.1) is 6.92 Å². The third-order valence-electron chi connectivity index (χ3n) is 3.78. The van der Waals surface area contributed by atoms with E-state index >= 15 is 0 Å². The molecule has 0 radical (unpaired) electrons. The number of H-pyrrole nitrogens is 1. The van der Waals surface area contributed by atoms with Crippen LogP contribution >= 0.6 is 11.8 Å². The molecule has 1 aromatic carbocycles. The summed E-state index contributed by atoms with van der Waals surface area (Å²) in [5.74, 6) is 3.06. The summed E-state index contributed by atoms with van der Waals surface area (Å²) in [6.07, 6.45) is 3.54. The molecule has 0 bridgehead atoms. The van der Waals surface area contributed by atoms with E-state index in [9.17, 15) is 4.79 Å². The number of nitrogens with zero attached hydrogens (tertiary/aromatic N) is 2. The number of aromatic nitrogens is 2. The highest BCUT2D eigenvalue weighted by molar-refractivity contribution is 7.99. The Morgan fingerprint density at radius 3 is 2.95 bits per heavy atom.